The molecule has 0 amide bonds. The van der Waals surface area contributed by atoms with Crippen LogP contribution >= 0.6 is 23.3 Å². The number of hydrogen-bond acceptors (Lipinski definition) is 5. The Labute approximate surface area is 93.7 Å². The second kappa shape index (κ2) is 6.37. The van der Waals surface area contributed by atoms with Crippen LogP contribution in [-0.4, -0.2) is 21.2 Å². The topological polar surface area (TPSA) is 51.8 Å². The van der Waals surface area contributed by atoms with Gasteiger partial charge in [-0.25, -0.2) is 4.98 Å². The van der Waals surface area contributed by atoms with E-state index >= 15 is 0 Å². The van der Waals surface area contributed by atoms with Gasteiger partial charge in [0.25, 0.3) is 0 Å². The molecule has 1 rings (SSSR count). The smallest absolute Gasteiger partial charge is 0.170 e. The lowest BCUT2D eigenvalue weighted by Crippen LogP contribution is -2.14. The molecule has 0 saturated heterocycles. The van der Waals surface area contributed by atoms with Gasteiger partial charge in [-0.15, -0.1) is 0 Å². The van der Waals surface area contributed by atoms with Crippen LogP contribution in [0, 0.1) is 0 Å². The van der Waals surface area contributed by atoms with E-state index in [2.05, 4.69) is 16.3 Å². The molecule has 0 fully saturated rings. The van der Waals surface area contributed by atoms with Crippen LogP contribution in [0.5, 0.6) is 0 Å². The highest BCUT2D eigenvalue weighted by Gasteiger charge is 2.02. The molecule has 1 heterocycles. The summed E-state index contributed by atoms with van der Waals surface area (Å²) in [6.45, 7) is 4.12. The maximum atomic E-state index is 5.66. The molecule has 14 heavy (non-hydrogen) atoms. The van der Waals surface area contributed by atoms with Crippen molar-refractivity contribution in [3.8, 4) is 0 Å². The van der Waals surface area contributed by atoms with Gasteiger partial charge < -0.3 is 5.73 Å². The van der Waals surface area contributed by atoms with Crippen molar-refractivity contribution in [2.75, 3.05) is 5.75 Å². The SMILES string of the molecule is CCc1nsc(SCCCC(C)N)n1. The van der Waals surface area contributed by atoms with Crippen molar-refractivity contribution in [2.24, 2.45) is 5.73 Å². The van der Waals surface area contributed by atoms with Gasteiger partial charge in [0.2, 0.25) is 0 Å². The van der Waals surface area contributed by atoms with Gasteiger partial charge in [-0.2, -0.15) is 4.37 Å². The Morgan fingerprint density at radius 3 is 2.93 bits per heavy atom. The molecule has 80 valence electrons. The van der Waals surface area contributed by atoms with E-state index in [1.165, 1.54) is 11.5 Å². The molecule has 1 aromatic heterocycles. The molecule has 0 bridgehead atoms. The van der Waals surface area contributed by atoms with Gasteiger partial charge in [0.15, 0.2) is 4.34 Å². The van der Waals surface area contributed by atoms with Gasteiger partial charge in [0, 0.05) is 18.2 Å². The summed E-state index contributed by atoms with van der Waals surface area (Å²) in [5.41, 5.74) is 5.66. The maximum absolute atomic E-state index is 5.66. The first-order valence-corrected chi connectivity index (χ1v) is 6.69. The molecule has 1 unspecified atom stereocenters. The Balaban J connectivity index is 2.18. The third-order valence-corrected chi connectivity index (χ3v) is 3.75. The molecule has 3 nitrogen and oxygen atoms in total. The summed E-state index contributed by atoms with van der Waals surface area (Å²) in [6.07, 6.45) is 3.17. The zero-order valence-corrected chi connectivity index (χ0v) is 10.3. The normalized spacial score (nSPS) is 13.1. The van der Waals surface area contributed by atoms with Gasteiger partial charge in [-0.05, 0) is 31.3 Å². The van der Waals surface area contributed by atoms with Crippen molar-refractivity contribution < 1.29 is 0 Å². The molecular weight excluding hydrogens is 214 g/mol. The maximum Gasteiger partial charge on any atom is 0.170 e. The van der Waals surface area contributed by atoms with Crippen molar-refractivity contribution in [1.82, 2.24) is 9.36 Å². The minimum Gasteiger partial charge on any atom is -0.328 e. The van der Waals surface area contributed by atoms with E-state index in [-0.39, 0.29) is 0 Å². The lowest BCUT2D eigenvalue weighted by molar-refractivity contribution is 0.656. The van der Waals surface area contributed by atoms with Gasteiger partial charge in [-0.3, -0.25) is 0 Å². The summed E-state index contributed by atoms with van der Waals surface area (Å²) in [6, 6.07) is 0.316. The van der Waals surface area contributed by atoms with Crippen LogP contribution in [0.25, 0.3) is 0 Å². The molecule has 0 spiro atoms. The van der Waals surface area contributed by atoms with E-state index < -0.39 is 0 Å². The lowest BCUT2D eigenvalue weighted by atomic mass is 10.2. The molecule has 0 radical (unpaired) electrons. The summed E-state index contributed by atoms with van der Waals surface area (Å²) in [4.78, 5) is 4.38. The molecule has 1 atom stereocenters. The third kappa shape index (κ3) is 4.39. The van der Waals surface area contributed by atoms with Gasteiger partial charge in [0.1, 0.15) is 5.82 Å². The number of hydrogen-bond donors (Lipinski definition) is 1. The fourth-order valence-electron chi connectivity index (χ4n) is 1.00. The molecule has 2 N–H and O–H groups in total. The summed E-state index contributed by atoms with van der Waals surface area (Å²) in [7, 11) is 0. The van der Waals surface area contributed by atoms with E-state index in [1.54, 1.807) is 11.8 Å². The zero-order valence-electron chi connectivity index (χ0n) is 8.69. The van der Waals surface area contributed by atoms with Crippen molar-refractivity contribution in [1.29, 1.82) is 0 Å². The van der Waals surface area contributed by atoms with Crippen molar-refractivity contribution in [3.63, 3.8) is 0 Å². The number of aryl methyl sites for hydroxylation is 1. The Morgan fingerprint density at radius 2 is 2.36 bits per heavy atom. The highest BCUT2D eigenvalue weighted by Crippen LogP contribution is 2.21. The summed E-state index contributed by atoms with van der Waals surface area (Å²) < 4.78 is 5.32. The average molecular weight is 231 g/mol. The van der Waals surface area contributed by atoms with Gasteiger partial charge >= 0.3 is 0 Å². The Morgan fingerprint density at radius 1 is 1.57 bits per heavy atom. The molecule has 0 aliphatic heterocycles. The summed E-state index contributed by atoms with van der Waals surface area (Å²) in [5, 5.41) is 0. The number of nitrogens with two attached hydrogens (primary N) is 1. The molecule has 1 aromatic rings. The standard InChI is InChI=1S/C9H17N3S2/c1-3-8-11-9(14-12-8)13-6-4-5-7(2)10/h7H,3-6,10H2,1-2H3. The molecule has 5 heteroatoms. The van der Waals surface area contributed by atoms with Crippen LogP contribution in [0.2, 0.25) is 0 Å². The van der Waals surface area contributed by atoms with Crippen LogP contribution in [0.1, 0.15) is 32.5 Å². The van der Waals surface area contributed by atoms with Crippen molar-refractivity contribution >= 4 is 23.3 Å². The second-order valence-corrected chi connectivity index (χ2v) is 5.39. The quantitative estimate of drug-likeness (QED) is 0.603. The zero-order chi connectivity index (χ0) is 10.4. The second-order valence-electron chi connectivity index (χ2n) is 3.30. The number of nitrogens with zero attached hydrogens (tertiary/aromatic N) is 2. The largest absolute Gasteiger partial charge is 0.328 e. The number of rotatable bonds is 6. The van der Waals surface area contributed by atoms with Crippen molar-refractivity contribution in [2.45, 2.75) is 43.5 Å². The molecule has 0 aliphatic rings. The van der Waals surface area contributed by atoms with E-state index in [1.807, 2.05) is 6.92 Å². The minimum absolute atomic E-state index is 0.316. The Hall–Kier alpha value is -0.130. The van der Waals surface area contributed by atoms with E-state index in [0.717, 1.165) is 35.2 Å². The highest BCUT2D eigenvalue weighted by molar-refractivity contribution is 8.00. The molecule has 0 aliphatic carbocycles. The lowest BCUT2D eigenvalue weighted by Gasteiger charge is -2.02. The first-order valence-electron chi connectivity index (χ1n) is 4.93. The van der Waals surface area contributed by atoms with Crippen LogP contribution in [0.4, 0.5) is 0 Å². The number of thioether (sulfide) groups is 1. The van der Waals surface area contributed by atoms with Gasteiger partial charge in [-0.1, -0.05) is 18.7 Å². The monoisotopic (exact) mass is 231 g/mol. The van der Waals surface area contributed by atoms with Crippen LogP contribution < -0.4 is 5.73 Å². The predicted molar refractivity (Wildman–Crippen MR) is 62.9 cm³/mol. The Kier molecular flexibility index (Phi) is 5.44. The van der Waals surface area contributed by atoms with E-state index in [0.29, 0.717) is 6.04 Å². The predicted octanol–water partition coefficient (Wildman–Crippen LogP) is 2.32. The first kappa shape index (κ1) is 11.9. The molecular formula is C9H17N3S2. The third-order valence-electron chi connectivity index (χ3n) is 1.80. The summed E-state index contributed by atoms with van der Waals surface area (Å²) in [5.74, 6) is 2.06. The molecule has 0 saturated carbocycles. The Bertz CT molecular complexity index is 260. The fraction of sp³-hybridized carbons (Fsp3) is 0.778. The summed E-state index contributed by atoms with van der Waals surface area (Å²) >= 11 is 3.29. The van der Waals surface area contributed by atoms with E-state index in [4.69, 9.17) is 5.73 Å². The number of aromatic nitrogens is 2. The van der Waals surface area contributed by atoms with E-state index in [9.17, 15) is 0 Å². The fourth-order valence-corrected chi connectivity index (χ4v) is 2.73. The van der Waals surface area contributed by atoms with Crippen molar-refractivity contribution in [3.05, 3.63) is 5.82 Å². The van der Waals surface area contributed by atoms with Gasteiger partial charge in [0.05, 0.1) is 0 Å². The van der Waals surface area contributed by atoms with Crippen LogP contribution in [0.15, 0.2) is 4.34 Å². The molecule has 0 aromatic carbocycles. The van der Waals surface area contributed by atoms with Crippen LogP contribution in [-0.2, 0) is 6.42 Å². The van der Waals surface area contributed by atoms with Crippen LogP contribution in [0.3, 0.4) is 0 Å². The average Bonchev–Trinajstić information content (AvgIpc) is 2.60. The first-order chi connectivity index (χ1) is 6.72. The highest BCUT2D eigenvalue weighted by atomic mass is 32.2. The minimum atomic E-state index is 0.316.